The summed E-state index contributed by atoms with van der Waals surface area (Å²) in [6.45, 7) is 5.88. The minimum Gasteiger partial charge on any atom is -0.343 e. The Balaban J connectivity index is 2.12. The van der Waals surface area contributed by atoms with Gasteiger partial charge in [-0.25, -0.2) is 0 Å². The molecular formula is C17H22N4O. The van der Waals surface area contributed by atoms with Crippen LogP contribution in [0.15, 0.2) is 24.4 Å². The lowest BCUT2D eigenvalue weighted by Crippen LogP contribution is -2.08. The molecule has 1 unspecified atom stereocenters. The molecule has 5 nitrogen and oxygen atoms in total. The van der Waals surface area contributed by atoms with Gasteiger partial charge in [0, 0.05) is 24.1 Å². The van der Waals surface area contributed by atoms with Crippen molar-refractivity contribution in [1.29, 1.82) is 5.26 Å². The standard InChI is InChI=1S/C17H22N4O/c1-3-5-6-8-15-14(11-18)17(21-20-15)19-16-10-13(22)9-12(16)7-4-2/h4,10,12H,2-3,5-9H2,1H3,(H2,19,20,21). The number of hydrogen-bond donors (Lipinski definition) is 2. The van der Waals surface area contributed by atoms with Crippen LogP contribution in [-0.4, -0.2) is 16.0 Å². The highest BCUT2D eigenvalue weighted by molar-refractivity contribution is 5.94. The van der Waals surface area contributed by atoms with E-state index >= 15 is 0 Å². The van der Waals surface area contributed by atoms with Crippen molar-refractivity contribution >= 4 is 11.6 Å². The summed E-state index contributed by atoms with van der Waals surface area (Å²) in [5.74, 6) is 0.808. The van der Waals surface area contributed by atoms with Gasteiger partial charge in [0.1, 0.15) is 17.5 Å². The van der Waals surface area contributed by atoms with Crippen molar-refractivity contribution in [2.45, 2.75) is 45.4 Å². The number of nitriles is 1. The topological polar surface area (TPSA) is 81.6 Å². The van der Waals surface area contributed by atoms with E-state index in [1.165, 1.54) is 0 Å². The fourth-order valence-corrected chi connectivity index (χ4v) is 2.71. The molecule has 1 atom stereocenters. The number of aromatic amines is 1. The Bertz CT molecular complexity index is 621. The van der Waals surface area contributed by atoms with Crippen LogP contribution in [0.25, 0.3) is 0 Å². The van der Waals surface area contributed by atoms with E-state index in [9.17, 15) is 10.1 Å². The van der Waals surface area contributed by atoms with Gasteiger partial charge in [-0.1, -0.05) is 25.8 Å². The number of unbranched alkanes of at least 4 members (excludes halogenated alkanes) is 2. The maximum Gasteiger partial charge on any atom is 0.158 e. The van der Waals surface area contributed by atoms with E-state index in [0.29, 0.717) is 17.8 Å². The molecule has 1 aliphatic carbocycles. The maximum atomic E-state index is 11.6. The second-order valence-electron chi connectivity index (χ2n) is 5.61. The number of aryl methyl sites for hydroxylation is 1. The molecule has 0 radical (unpaired) electrons. The number of nitrogens with zero attached hydrogens (tertiary/aromatic N) is 2. The molecule has 0 spiro atoms. The minimum absolute atomic E-state index is 0.107. The number of anilines is 1. The highest BCUT2D eigenvalue weighted by Gasteiger charge is 2.25. The van der Waals surface area contributed by atoms with Gasteiger partial charge in [0.2, 0.25) is 0 Å². The number of H-pyrrole nitrogens is 1. The zero-order chi connectivity index (χ0) is 15.9. The van der Waals surface area contributed by atoms with Gasteiger partial charge < -0.3 is 5.32 Å². The molecule has 0 fully saturated rings. The summed E-state index contributed by atoms with van der Waals surface area (Å²) in [6, 6.07) is 2.21. The lowest BCUT2D eigenvalue weighted by Gasteiger charge is -2.13. The maximum absolute atomic E-state index is 11.6. The molecule has 116 valence electrons. The van der Waals surface area contributed by atoms with Crippen molar-refractivity contribution in [1.82, 2.24) is 10.2 Å². The number of ketones is 1. The highest BCUT2D eigenvalue weighted by Crippen LogP contribution is 2.29. The molecule has 1 aromatic heterocycles. The van der Waals surface area contributed by atoms with Gasteiger partial charge in [0.15, 0.2) is 5.78 Å². The molecule has 5 heteroatoms. The van der Waals surface area contributed by atoms with Gasteiger partial charge in [-0.05, 0) is 19.3 Å². The van der Waals surface area contributed by atoms with Gasteiger partial charge >= 0.3 is 0 Å². The largest absolute Gasteiger partial charge is 0.343 e. The number of aromatic nitrogens is 2. The van der Waals surface area contributed by atoms with Gasteiger partial charge in [0.05, 0.1) is 5.69 Å². The predicted octanol–water partition coefficient (Wildman–Crippen LogP) is 3.47. The van der Waals surface area contributed by atoms with Crippen molar-refractivity contribution in [3.05, 3.63) is 35.7 Å². The third kappa shape index (κ3) is 3.64. The summed E-state index contributed by atoms with van der Waals surface area (Å²) in [4.78, 5) is 11.6. The number of carbonyl (C=O) groups excluding carboxylic acids is 1. The van der Waals surface area contributed by atoms with Crippen LogP contribution >= 0.6 is 0 Å². The third-order valence-electron chi connectivity index (χ3n) is 3.89. The van der Waals surface area contributed by atoms with Crippen molar-refractivity contribution in [2.24, 2.45) is 5.92 Å². The average molecular weight is 298 g/mol. The molecule has 0 amide bonds. The second-order valence-corrected chi connectivity index (χ2v) is 5.61. The molecule has 0 aromatic carbocycles. The normalized spacial score (nSPS) is 17.2. The third-order valence-corrected chi connectivity index (χ3v) is 3.89. The molecular weight excluding hydrogens is 276 g/mol. The monoisotopic (exact) mass is 298 g/mol. The molecule has 1 aromatic rings. The molecule has 1 aliphatic rings. The first kappa shape index (κ1) is 16.0. The van der Waals surface area contributed by atoms with Gasteiger partial charge in [-0.2, -0.15) is 10.4 Å². The van der Waals surface area contributed by atoms with Crippen molar-refractivity contribution < 1.29 is 4.79 Å². The van der Waals surface area contributed by atoms with E-state index in [4.69, 9.17) is 0 Å². The van der Waals surface area contributed by atoms with E-state index in [1.807, 2.05) is 6.08 Å². The van der Waals surface area contributed by atoms with Crippen LogP contribution in [0.4, 0.5) is 5.82 Å². The van der Waals surface area contributed by atoms with Crippen molar-refractivity contribution in [2.75, 3.05) is 5.32 Å². The van der Waals surface area contributed by atoms with Crippen LogP contribution in [0.5, 0.6) is 0 Å². The zero-order valence-corrected chi connectivity index (χ0v) is 13.0. The van der Waals surface area contributed by atoms with Gasteiger partial charge in [0.25, 0.3) is 0 Å². The summed E-state index contributed by atoms with van der Waals surface area (Å²) >= 11 is 0. The van der Waals surface area contributed by atoms with Crippen LogP contribution in [0.2, 0.25) is 0 Å². The Kier molecular flexibility index (Phi) is 5.54. The Morgan fingerprint density at radius 3 is 3.09 bits per heavy atom. The number of allylic oxidation sites excluding steroid dienone is 3. The van der Waals surface area contributed by atoms with E-state index in [1.54, 1.807) is 6.08 Å². The number of carbonyl (C=O) groups is 1. The molecule has 0 aliphatic heterocycles. The molecule has 22 heavy (non-hydrogen) atoms. The van der Waals surface area contributed by atoms with E-state index in [0.717, 1.165) is 43.5 Å². The zero-order valence-electron chi connectivity index (χ0n) is 13.0. The lowest BCUT2D eigenvalue weighted by atomic mass is 10.0. The molecule has 0 saturated carbocycles. The van der Waals surface area contributed by atoms with Crippen LogP contribution in [0.1, 0.15) is 50.3 Å². The summed E-state index contributed by atoms with van der Waals surface area (Å²) < 4.78 is 0. The van der Waals surface area contributed by atoms with Crippen molar-refractivity contribution in [3.63, 3.8) is 0 Å². The minimum atomic E-state index is 0.107. The first-order valence-corrected chi connectivity index (χ1v) is 7.79. The van der Waals surface area contributed by atoms with Crippen LogP contribution in [-0.2, 0) is 11.2 Å². The molecule has 1 heterocycles. The fourth-order valence-electron chi connectivity index (χ4n) is 2.71. The van der Waals surface area contributed by atoms with Crippen LogP contribution < -0.4 is 5.32 Å². The smallest absolute Gasteiger partial charge is 0.158 e. The van der Waals surface area contributed by atoms with Crippen LogP contribution in [0.3, 0.4) is 0 Å². The summed E-state index contributed by atoms with van der Waals surface area (Å²) in [6.07, 6.45) is 8.74. The summed E-state index contributed by atoms with van der Waals surface area (Å²) in [5, 5.41) is 19.7. The first-order valence-electron chi connectivity index (χ1n) is 7.79. The lowest BCUT2D eigenvalue weighted by molar-refractivity contribution is -0.114. The van der Waals surface area contributed by atoms with Gasteiger partial charge in [-0.3, -0.25) is 9.89 Å². The Labute approximate surface area is 131 Å². The van der Waals surface area contributed by atoms with E-state index < -0.39 is 0 Å². The Morgan fingerprint density at radius 2 is 2.41 bits per heavy atom. The number of rotatable bonds is 8. The predicted molar refractivity (Wildman–Crippen MR) is 86.2 cm³/mol. The Hall–Kier alpha value is -2.35. The highest BCUT2D eigenvalue weighted by atomic mass is 16.1. The molecule has 2 rings (SSSR count). The SMILES string of the molecule is C=CCC1CC(=O)C=C1Nc1[nH]nc(CCCCC)c1C#N. The van der Waals surface area contributed by atoms with E-state index in [2.05, 4.69) is 35.1 Å². The Morgan fingerprint density at radius 1 is 1.59 bits per heavy atom. The van der Waals surface area contributed by atoms with Gasteiger partial charge in [-0.15, -0.1) is 6.58 Å². The quantitative estimate of drug-likeness (QED) is 0.568. The van der Waals surface area contributed by atoms with E-state index in [-0.39, 0.29) is 11.7 Å². The molecule has 2 N–H and O–H groups in total. The summed E-state index contributed by atoms with van der Waals surface area (Å²) in [7, 11) is 0. The average Bonchev–Trinajstić information content (AvgIpc) is 3.04. The first-order chi connectivity index (χ1) is 10.7. The fraction of sp³-hybridized carbons (Fsp3) is 0.471. The number of nitrogens with one attached hydrogen (secondary N) is 2. The van der Waals surface area contributed by atoms with Crippen molar-refractivity contribution in [3.8, 4) is 6.07 Å². The molecule has 0 bridgehead atoms. The molecule has 0 saturated heterocycles. The second kappa shape index (κ2) is 7.60. The van der Waals surface area contributed by atoms with Crippen LogP contribution in [0, 0.1) is 17.2 Å². The number of hydrogen-bond acceptors (Lipinski definition) is 4. The summed E-state index contributed by atoms with van der Waals surface area (Å²) in [5.41, 5.74) is 2.18.